The van der Waals surface area contributed by atoms with Crippen LogP contribution < -0.4 is 21.1 Å². The van der Waals surface area contributed by atoms with E-state index in [1.165, 1.54) is 49.5 Å². The predicted octanol–water partition coefficient (Wildman–Crippen LogP) is 4.25. The number of nitrogens with two attached hydrogens (primary N) is 1. The second-order valence-corrected chi connectivity index (χ2v) is 10.3. The highest BCUT2D eigenvalue weighted by atomic mass is 35.5. The molecule has 4 N–H and O–H groups in total. The first-order valence-electron chi connectivity index (χ1n) is 10.9. The van der Waals surface area contributed by atoms with Crippen molar-refractivity contribution in [1.29, 1.82) is 0 Å². The molecule has 1 unspecified atom stereocenters. The van der Waals surface area contributed by atoms with Crippen molar-refractivity contribution in [2.75, 3.05) is 16.4 Å². The van der Waals surface area contributed by atoms with E-state index in [0.29, 0.717) is 11.4 Å². The van der Waals surface area contributed by atoms with Crippen LogP contribution in [0, 0.1) is 5.82 Å². The molecular weight excluding hydrogens is 511 g/mol. The number of carbonyl (C=O) groups excluding carboxylic acids is 2. The van der Waals surface area contributed by atoms with Crippen molar-refractivity contribution >= 4 is 44.8 Å². The summed E-state index contributed by atoms with van der Waals surface area (Å²) in [6.07, 6.45) is 0.923. The van der Waals surface area contributed by atoms with Crippen LogP contribution in [0.2, 0.25) is 5.02 Å². The lowest BCUT2D eigenvalue weighted by molar-refractivity contribution is 0.101. The number of halogens is 2. The number of hydrogen-bond donors (Lipinski definition) is 3. The molecule has 1 atom stereocenters. The largest absolute Gasteiger partial charge is 0.475 e. The summed E-state index contributed by atoms with van der Waals surface area (Å²) in [7, 11) is -3.59. The summed E-state index contributed by atoms with van der Waals surface area (Å²) >= 11 is 5.80. The molecule has 1 heterocycles. The third-order valence-corrected chi connectivity index (χ3v) is 7.02. The van der Waals surface area contributed by atoms with Crippen molar-refractivity contribution in [2.24, 2.45) is 5.73 Å². The van der Waals surface area contributed by atoms with E-state index in [-0.39, 0.29) is 39.0 Å². The maximum absolute atomic E-state index is 14.0. The van der Waals surface area contributed by atoms with Crippen molar-refractivity contribution in [3.05, 3.63) is 76.7 Å². The normalized spacial score (nSPS) is 12.0. The number of ether oxygens (including phenoxy) is 1. The van der Waals surface area contributed by atoms with Gasteiger partial charge in [0.15, 0.2) is 9.84 Å². The van der Waals surface area contributed by atoms with Gasteiger partial charge in [-0.15, -0.1) is 0 Å². The molecule has 9 nitrogen and oxygen atoms in total. The minimum absolute atomic E-state index is 0.0406. The second kappa shape index (κ2) is 11.5. The average molecular weight is 535 g/mol. The molecule has 190 valence electrons. The number of nitrogens with one attached hydrogen (secondary N) is 2. The van der Waals surface area contributed by atoms with Gasteiger partial charge in [0.2, 0.25) is 0 Å². The second-order valence-electron chi connectivity index (χ2n) is 7.59. The van der Waals surface area contributed by atoms with Gasteiger partial charge < -0.3 is 15.4 Å². The van der Waals surface area contributed by atoms with E-state index in [1.54, 1.807) is 6.92 Å². The lowest BCUT2D eigenvalue weighted by Gasteiger charge is -2.18. The Hall–Kier alpha value is -3.54. The van der Waals surface area contributed by atoms with Gasteiger partial charge >= 0.3 is 0 Å². The molecule has 3 aromatic rings. The molecule has 0 saturated carbocycles. The molecular formula is C24H24ClFN4O5S. The van der Waals surface area contributed by atoms with Gasteiger partial charge in [-0.2, -0.15) is 0 Å². The number of anilines is 2. The molecule has 12 heteroatoms. The molecule has 2 aromatic carbocycles. The number of sulfone groups is 1. The fraction of sp³-hybridized carbons (Fsp3) is 0.208. The molecule has 0 aliphatic carbocycles. The van der Waals surface area contributed by atoms with E-state index in [9.17, 15) is 22.4 Å². The Morgan fingerprint density at radius 1 is 1.06 bits per heavy atom. The van der Waals surface area contributed by atoms with Crippen molar-refractivity contribution in [2.45, 2.75) is 31.4 Å². The third-order valence-electron chi connectivity index (χ3n) is 5.06. The van der Waals surface area contributed by atoms with Crippen LogP contribution in [-0.2, 0) is 9.84 Å². The van der Waals surface area contributed by atoms with E-state index in [1.807, 2.05) is 0 Å². The number of rotatable bonds is 9. The van der Waals surface area contributed by atoms with Gasteiger partial charge in [-0.1, -0.05) is 25.4 Å². The quantitative estimate of drug-likeness (QED) is 0.348. The monoisotopic (exact) mass is 534 g/mol. The van der Waals surface area contributed by atoms with Crippen LogP contribution >= 0.6 is 11.6 Å². The van der Waals surface area contributed by atoms with Crippen LogP contribution in [-0.4, -0.2) is 37.2 Å². The Kier molecular flexibility index (Phi) is 8.62. The van der Waals surface area contributed by atoms with Gasteiger partial charge in [-0.05, 0) is 55.0 Å². The smallest absolute Gasteiger partial charge is 0.259 e. The van der Waals surface area contributed by atoms with Crippen molar-refractivity contribution in [1.82, 2.24) is 4.98 Å². The fourth-order valence-electron chi connectivity index (χ4n) is 3.04. The molecule has 36 heavy (non-hydrogen) atoms. The molecule has 1 aromatic heterocycles. The third kappa shape index (κ3) is 6.56. The molecule has 0 aliphatic heterocycles. The lowest BCUT2D eigenvalue weighted by Crippen LogP contribution is -2.27. The van der Waals surface area contributed by atoms with E-state index >= 15 is 0 Å². The minimum Gasteiger partial charge on any atom is -0.475 e. The van der Waals surface area contributed by atoms with Crippen LogP contribution in [0.5, 0.6) is 5.75 Å². The van der Waals surface area contributed by atoms with Gasteiger partial charge in [0.05, 0.1) is 32.5 Å². The first-order valence-corrected chi connectivity index (χ1v) is 12.9. The average Bonchev–Trinajstić information content (AvgIpc) is 2.85. The zero-order valence-corrected chi connectivity index (χ0v) is 21.0. The summed E-state index contributed by atoms with van der Waals surface area (Å²) in [5.74, 6) is -2.14. The van der Waals surface area contributed by atoms with Crippen LogP contribution in [0.1, 0.15) is 41.0 Å². The molecule has 3 rings (SSSR count). The number of amides is 2. The Balaban J connectivity index is 1.95. The highest BCUT2D eigenvalue weighted by Crippen LogP contribution is 2.27. The number of nitrogens with zero attached hydrogens (tertiary/aromatic N) is 1. The maximum Gasteiger partial charge on any atom is 0.259 e. The molecule has 0 bridgehead atoms. The molecule has 2 amide bonds. The van der Waals surface area contributed by atoms with Crippen molar-refractivity contribution in [3.63, 3.8) is 0 Å². The van der Waals surface area contributed by atoms with E-state index in [2.05, 4.69) is 15.6 Å². The van der Waals surface area contributed by atoms with Crippen LogP contribution in [0.3, 0.4) is 0 Å². The van der Waals surface area contributed by atoms with Crippen LogP contribution in [0.15, 0.2) is 59.6 Å². The van der Waals surface area contributed by atoms with Gasteiger partial charge in [0.25, 0.3) is 11.8 Å². The first kappa shape index (κ1) is 27.1. The first-order chi connectivity index (χ1) is 17.0. The maximum atomic E-state index is 14.0. The van der Waals surface area contributed by atoms with Gasteiger partial charge in [-0.25, -0.2) is 17.8 Å². The molecule has 0 radical (unpaired) electrons. The summed E-state index contributed by atoms with van der Waals surface area (Å²) in [6, 6.07) is 10.0. The van der Waals surface area contributed by atoms with Gasteiger partial charge in [0, 0.05) is 6.20 Å². The standard InChI is InChI=1S/C24H24ClFN4O5S/c1-3-21(27)35-20-12-16(36(33,34)4-2)7-9-18(20)24(32)29-19-11-15(26)6-8-17(19)23(31)30-22-10-5-14(25)13-28-22/h5-13,21H,3-4,27H2,1-2H3,(H,29,32)(H,28,30,31). The van der Waals surface area contributed by atoms with Crippen LogP contribution in [0.25, 0.3) is 0 Å². The topological polar surface area (TPSA) is 140 Å². The number of aromatic nitrogens is 1. The zero-order chi connectivity index (χ0) is 26.5. The molecule has 0 aliphatic rings. The Morgan fingerprint density at radius 3 is 2.39 bits per heavy atom. The number of carbonyl (C=O) groups is 2. The molecule has 0 saturated heterocycles. The van der Waals surface area contributed by atoms with Crippen LogP contribution in [0.4, 0.5) is 15.9 Å². The van der Waals surface area contributed by atoms with Gasteiger partial charge in [0.1, 0.15) is 23.6 Å². The Bertz CT molecular complexity index is 1380. The summed E-state index contributed by atoms with van der Waals surface area (Å²) in [6.45, 7) is 3.24. The molecule has 0 spiro atoms. The number of benzene rings is 2. The fourth-order valence-corrected chi connectivity index (χ4v) is 4.04. The van der Waals surface area contributed by atoms with E-state index < -0.39 is 33.7 Å². The highest BCUT2D eigenvalue weighted by Gasteiger charge is 2.22. The predicted molar refractivity (Wildman–Crippen MR) is 135 cm³/mol. The van der Waals surface area contributed by atoms with Crippen molar-refractivity contribution < 1.29 is 27.1 Å². The van der Waals surface area contributed by atoms with Crippen molar-refractivity contribution in [3.8, 4) is 5.75 Å². The van der Waals surface area contributed by atoms with E-state index in [4.69, 9.17) is 22.1 Å². The van der Waals surface area contributed by atoms with E-state index in [0.717, 1.165) is 12.1 Å². The SMILES string of the molecule is CCC(N)Oc1cc(S(=O)(=O)CC)ccc1C(=O)Nc1cc(F)ccc1C(=O)Nc1ccc(Cl)cn1. The minimum atomic E-state index is -3.59. The molecule has 0 fully saturated rings. The number of hydrogen-bond acceptors (Lipinski definition) is 7. The summed E-state index contributed by atoms with van der Waals surface area (Å²) in [5, 5.41) is 5.42. The summed E-state index contributed by atoms with van der Waals surface area (Å²) in [4.78, 5) is 29.9. The zero-order valence-electron chi connectivity index (χ0n) is 19.4. The summed E-state index contributed by atoms with van der Waals surface area (Å²) in [5.41, 5.74) is 5.65. The summed E-state index contributed by atoms with van der Waals surface area (Å²) < 4.78 is 44.3. The lowest BCUT2D eigenvalue weighted by atomic mass is 10.1. The number of pyridine rings is 1. The Labute approximate surface area is 212 Å². The van der Waals surface area contributed by atoms with Gasteiger partial charge in [-0.3, -0.25) is 15.3 Å². The highest BCUT2D eigenvalue weighted by molar-refractivity contribution is 7.91. The Morgan fingerprint density at radius 2 is 1.75 bits per heavy atom.